The van der Waals surface area contributed by atoms with Gasteiger partial charge in [0, 0.05) is 25.2 Å². The molecule has 0 bridgehead atoms. The van der Waals surface area contributed by atoms with Crippen LogP contribution in [0.3, 0.4) is 0 Å². The van der Waals surface area contributed by atoms with Gasteiger partial charge in [-0.05, 0) is 25.0 Å². The van der Waals surface area contributed by atoms with E-state index in [9.17, 15) is 4.79 Å². The molecule has 1 saturated heterocycles. The van der Waals surface area contributed by atoms with E-state index in [1.54, 1.807) is 13.3 Å². The van der Waals surface area contributed by atoms with E-state index < -0.39 is 0 Å². The first-order valence-corrected chi connectivity index (χ1v) is 8.08. The zero-order valence-electron chi connectivity index (χ0n) is 12.4. The predicted molar refractivity (Wildman–Crippen MR) is 85.2 cm³/mol. The fraction of sp³-hybridized carbons (Fsp3) is 0.400. The van der Waals surface area contributed by atoms with Crippen LogP contribution >= 0.6 is 11.3 Å². The molecule has 2 aromatic rings. The number of nitrogens with zero attached hydrogens (tertiary/aromatic N) is 3. The van der Waals surface area contributed by atoms with E-state index in [4.69, 9.17) is 4.74 Å². The Hall–Kier alpha value is -1.99. The predicted octanol–water partition coefficient (Wildman–Crippen LogP) is 2.59. The highest BCUT2D eigenvalue weighted by Crippen LogP contribution is 2.31. The van der Waals surface area contributed by atoms with Crippen molar-refractivity contribution in [1.82, 2.24) is 14.9 Å². The van der Waals surface area contributed by atoms with Crippen LogP contribution in [-0.2, 0) is 9.53 Å². The lowest BCUT2D eigenvalue weighted by molar-refractivity contribution is -0.136. The van der Waals surface area contributed by atoms with E-state index in [1.165, 1.54) is 11.3 Å². The number of thiazole rings is 1. The number of methoxy groups -OCH3 is 1. The third-order valence-corrected chi connectivity index (χ3v) is 4.31. The van der Waals surface area contributed by atoms with E-state index in [1.807, 2.05) is 28.5 Å². The van der Waals surface area contributed by atoms with Gasteiger partial charge < -0.3 is 15.0 Å². The van der Waals surface area contributed by atoms with Crippen LogP contribution in [0.15, 0.2) is 29.8 Å². The maximum atomic E-state index is 12.1. The molecule has 1 unspecified atom stereocenters. The first-order valence-electron chi connectivity index (χ1n) is 7.20. The van der Waals surface area contributed by atoms with E-state index >= 15 is 0 Å². The first kappa shape index (κ1) is 14.9. The van der Waals surface area contributed by atoms with Crippen molar-refractivity contribution in [3.8, 4) is 0 Å². The molecule has 1 fully saturated rings. The number of nitrogens with one attached hydrogen (secondary N) is 1. The third kappa shape index (κ3) is 3.26. The number of ether oxygens (including phenoxy) is 1. The van der Waals surface area contributed by atoms with Crippen LogP contribution in [0.25, 0.3) is 0 Å². The van der Waals surface area contributed by atoms with Crippen LogP contribution < -0.4 is 5.32 Å². The van der Waals surface area contributed by atoms with Gasteiger partial charge in [0.05, 0.1) is 11.7 Å². The Balaban J connectivity index is 1.77. The Kier molecular flexibility index (Phi) is 4.65. The number of aromatic nitrogens is 2. The van der Waals surface area contributed by atoms with Gasteiger partial charge in [-0.25, -0.2) is 9.97 Å². The van der Waals surface area contributed by atoms with Crippen molar-refractivity contribution >= 4 is 28.2 Å². The summed E-state index contributed by atoms with van der Waals surface area (Å²) in [5.41, 5.74) is 0.906. The van der Waals surface area contributed by atoms with Crippen LogP contribution in [0.5, 0.6) is 0 Å². The quantitative estimate of drug-likeness (QED) is 0.918. The molecule has 3 heterocycles. The van der Waals surface area contributed by atoms with Gasteiger partial charge >= 0.3 is 0 Å². The number of anilines is 2. The summed E-state index contributed by atoms with van der Waals surface area (Å²) < 4.78 is 4.96. The molecule has 1 N–H and O–H groups in total. The summed E-state index contributed by atoms with van der Waals surface area (Å²) in [6.07, 6.45) is 3.67. The molecule has 1 aliphatic heterocycles. The molecule has 0 aromatic carbocycles. The van der Waals surface area contributed by atoms with Gasteiger partial charge in [-0.3, -0.25) is 4.79 Å². The highest BCUT2D eigenvalue weighted by molar-refractivity contribution is 7.13. The van der Waals surface area contributed by atoms with Gasteiger partial charge in [0.15, 0.2) is 5.13 Å². The maximum absolute atomic E-state index is 12.1. The van der Waals surface area contributed by atoms with Crippen molar-refractivity contribution < 1.29 is 9.53 Å². The minimum atomic E-state index is 0.0186. The number of rotatable bonds is 5. The number of amides is 1. The molecule has 2 aromatic heterocycles. The number of hydrogen-bond acceptors (Lipinski definition) is 6. The average molecular weight is 318 g/mol. The molecule has 0 aliphatic carbocycles. The highest BCUT2D eigenvalue weighted by Gasteiger charge is 2.30. The molecule has 6 nitrogen and oxygen atoms in total. The summed E-state index contributed by atoms with van der Waals surface area (Å²) in [5, 5.41) is 5.90. The molecule has 22 heavy (non-hydrogen) atoms. The lowest BCUT2D eigenvalue weighted by Gasteiger charge is -2.24. The topological polar surface area (TPSA) is 67.3 Å². The summed E-state index contributed by atoms with van der Waals surface area (Å²) in [4.78, 5) is 22.8. The van der Waals surface area contributed by atoms with Crippen LogP contribution in [0.2, 0.25) is 0 Å². The molecule has 7 heteroatoms. The second-order valence-electron chi connectivity index (χ2n) is 5.09. The second kappa shape index (κ2) is 6.85. The Morgan fingerprint density at radius 1 is 1.55 bits per heavy atom. The van der Waals surface area contributed by atoms with Gasteiger partial charge in [-0.15, -0.1) is 11.3 Å². The normalized spacial score (nSPS) is 17.7. The molecule has 1 aliphatic rings. The van der Waals surface area contributed by atoms with E-state index in [0.717, 1.165) is 36.0 Å². The highest BCUT2D eigenvalue weighted by atomic mass is 32.1. The Bertz CT molecular complexity index is 632. The van der Waals surface area contributed by atoms with E-state index in [2.05, 4.69) is 15.3 Å². The molecule has 1 amide bonds. The standard InChI is InChI=1S/C15H18N4O2S/c1-21-10-14(20)19-8-3-5-12(19)11-4-2-6-13(17-11)18-15-16-7-9-22-15/h2,4,6-7,9,12H,3,5,8,10H2,1H3,(H,16,17,18). The van der Waals surface area contributed by atoms with Crippen molar-refractivity contribution in [2.75, 3.05) is 25.6 Å². The molecular formula is C15H18N4O2S. The Labute approximate surface area is 133 Å². The smallest absolute Gasteiger partial charge is 0.249 e. The minimum absolute atomic E-state index is 0.0186. The molecule has 3 rings (SSSR count). The summed E-state index contributed by atoms with van der Waals surface area (Å²) in [6, 6.07) is 5.85. The van der Waals surface area contributed by atoms with Crippen LogP contribution in [0.4, 0.5) is 10.9 Å². The van der Waals surface area contributed by atoms with Crippen molar-refractivity contribution in [3.63, 3.8) is 0 Å². The summed E-state index contributed by atoms with van der Waals surface area (Å²) in [6.45, 7) is 0.881. The second-order valence-corrected chi connectivity index (χ2v) is 5.98. The summed E-state index contributed by atoms with van der Waals surface area (Å²) in [7, 11) is 1.54. The largest absolute Gasteiger partial charge is 0.375 e. The number of likely N-dealkylation sites (tertiary alicyclic amines) is 1. The maximum Gasteiger partial charge on any atom is 0.249 e. The fourth-order valence-electron chi connectivity index (χ4n) is 2.68. The first-order chi connectivity index (χ1) is 10.8. The lowest BCUT2D eigenvalue weighted by Crippen LogP contribution is -2.33. The van der Waals surface area contributed by atoms with Crippen molar-refractivity contribution in [1.29, 1.82) is 0 Å². The van der Waals surface area contributed by atoms with Crippen molar-refractivity contribution in [3.05, 3.63) is 35.5 Å². The number of carbonyl (C=O) groups excluding carboxylic acids is 1. The molecule has 1 atom stereocenters. The van der Waals surface area contributed by atoms with Crippen molar-refractivity contribution in [2.24, 2.45) is 0 Å². The van der Waals surface area contributed by atoms with Crippen LogP contribution in [-0.4, -0.2) is 41.0 Å². The minimum Gasteiger partial charge on any atom is -0.375 e. The van der Waals surface area contributed by atoms with Gasteiger partial charge in [0.25, 0.3) is 0 Å². The fourth-order valence-corrected chi connectivity index (χ4v) is 3.22. The zero-order valence-corrected chi connectivity index (χ0v) is 13.2. The summed E-state index contributed by atoms with van der Waals surface area (Å²) >= 11 is 1.52. The van der Waals surface area contributed by atoms with Gasteiger partial charge in [0.2, 0.25) is 5.91 Å². The van der Waals surface area contributed by atoms with E-state index in [0.29, 0.717) is 0 Å². The molecule has 0 saturated carbocycles. The number of pyridine rings is 1. The SMILES string of the molecule is COCC(=O)N1CCCC1c1cccc(Nc2nccs2)n1. The van der Waals surface area contributed by atoms with Gasteiger partial charge in [-0.1, -0.05) is 6.07 Å². The Morgan fingerprint density at radius 2 is 2.45 bits per heavy atom. The molecular weight excluding hydrogens is 300 g/mol. The average Bonchev–Trinajstić information content (AvgIpc) is 3.19. The number of hydrogen-bond donors (Lipinski definition) is 1. The van der Waals surface area contributed by atoms with Gasteiger partial charge in [-0.2, -0.15) is 0 Å². The Morgan fingerprint density at radius 3 is 3.23 bits per heavy atom. The summed E-state index contributed by atoms with van der Waals surface area (Å²) in [5.74, 6) is 0.767. The molecule has 0 spiro atoms. The van der Waals surface area contributed by atoms with Crippen molar-refractivity contribution in [2.45, 2.75) is 18.9 Å². The lowest BCUT2D eigenvalue weighted by atomic mass is 10.1. The molecule has 116 valence electrons. The van der Waals surface area contributed by atoms with E-state index in [-0.39, 0.29) is 18.6 Å². The van der Waals surface area contributed by atoms with Crippen LogP contribution in [0, 0.1) is 0 Å². The monoisotopic (exact) mass is 318 g/mol. The van der Waals surface area contributed by atoms with Crippen LogP contribution in [0.1, 0.15) is 24.6 Å². The third-order valence-electron chi connectivity index (χ3n) is 3.62. The number of carbonyl (C=O) groups is 1. The zero-order chi connectivity index (χ0) is 15.4. The molecule has 0 radical (unpaired) electrons. The van der Waals surface area contributed by atoms with Gasteiger partial charge in [0.1, 0.15) is 12.4 Å².